The molecule has 38 heavy (non-hydrogen) atoms. The van der Waals surface area contributed by atoms with Gasteiger partial charge in [-0.3, -0.25) is 15.1 Å². The Kier molecular flexibility index (Phi) is 5.69. The number of H-pyrrole nitrogens is 2. The van der Waals surface area contributed by atoms with Crippen LogP contribution in [0.25, 0.3) is 55.8 Å². The molecule has 2 aromatic carbocycles. The van der Waals surface area contributed by atoms with E-state index in [1.807, 2.05) is 24.5 Å². The normalized spacial score (nSPS) is 14.4. The number of benzene rings is 2. The maximum atomic E-state index is 13.9. The van der Waals surface area contributed by atoms with Crippen LogP contribution in [0.3, 0.4) is 0 Å². The third-order valence-corrected chi connectivity index (χ3v) is 7.66. The van der Waals surface area contributed by atoms with Crippen molar-refractivity contribution in [3.05, 3.63) is 84.6 Å². The summed E-state index contributed by atoms with van der Waals surface area (Å²) in [6.07, 6.45) is 13.5. The molecule has 0 aliphatic heterocycles. The van der Waals surface area contributed by atoms with Crippen LogP contribution in [0.5, 0.6) is 0 Å². The van der Waals surface area contributed by atoms with Crippen molar-refractivity contribution >= 4 is 21.9 Å². The first kappa shape index (κ1) is 22.8. The number of fused-ring (bicyclic) bond motifs is 2. The third-order valence-electron chi connectivity index (χ3n) is 7.66. The zero-order valence-electron chi connectivity index (χ0n) is 20.9. The van der Waals surface area contributed by atoms with E-state index < -0.39 is 0 Å². The van der Waals surface area contributed by atoms with Crippen LogP contribution in [0.15, 0.2) is 73.2 Å². The molecule has 1 aliphatic rings. The molecular weight excluding hydrogens is 475 g/mol. The van der Waals surface area contributed by atoms with E-state index in [1.165, 1.54) is 49.8 Å². The molecule has 6 aromatic rings. The first-order chi connectivity index (χ1) is 18.7. The molecule has 0 atom stereocenters. The van der Waals surface area contributed by atoms with Crippen molar-refractivity contribution in [2.45, 2.75) is 38.5 Å². The monoisotopic (exact) mass is 502 g/mol. The highest BCUT2D eigenvalue weighted by Gasteiger charge is 2.18. The number of rotatable bonds is 5. The first-order valence-electron chi connectivity index (χ1n) is 13.2. The van der Waals surface area contributed by atoms with Crippen molar-refractivity contribution < 1.29 is 4.39 Å². The van der Waals surface area contributed by atoms with Gasteiger partial charge in [0, 0.05) is 35.1 Å². The van der Waals surface area contributed by atoms with Crippen molar-refractivity contribution in [3.63, 3.8) is 0 Å². The van der Waals surface area contributed by atoms with Crippen LogP contribution in [-0.2, 0) is 6.42 Å². The molecule has 7 heteroatoms. The van der Waals surface area contributed by atoms with Crippen molar-refractivity contribution in [1.29, 1.82) is 0 Å². The SMILES string of the molecule is Fc1cccc(-c2nccc3[nH]c(-c4n[nH]c5ccc(-c6cncc(CC7CCCCC7)c6)cc45)nc23)c1. The topological polar surface area (TPSA) is 83.1 Å². The molecule has 1 saturated carbocycles. The Bertz CT molecular complexity index is 1760. The van der Waals surface area contributed by atoms with Gasteiger partial charge in [-0.2, -0.15) is 5.10 Å². The minimum absolute atomic E-state index is 0.305. The lowest BCUT2D eigenvalue weighted by Gasteiger charge is -2.21. The zero-order chi connectivity index (χ0) is 25.5. The molecule has 6 nitrogen and oxygen atoms in total. The molecule has 0 unspecified atom stereocenters. The van der Waals surface area contributed by atoms with Gasteiger partial charge >= 0.3 is 0 Å². The summed E-state index contributed by atoms with van der Waals surface area (Å²) in [5.41, 5.74) is 7.98. The number of halogens is 1. The van der Waals surface area contributed by atoms with Gasteiger partial charge < -0.3 is 4.98 Å². The van der Waals surface area contributed by atoms with Crippen LogP contribution >= 0.6 is 0 Å². The van der Waals surface area contributed by atoms with Gasteiger partial charge in [-0.05, 0) is 59.9 Å². The standard InChI is InChI=1S/C31H27FN6/c32-24-8-4-7-22(15-24)28-30-27(11-12-34-28)35-31(36-30)29-25-16-21(9-10-26(25)37-38-29)23-14-20(17-33-18-23)13-19-5-2-1-3-6-19/h4,7-12,14-19H,1-3,5-6,13H2,(H,35,36)(H,37,38). The maximum absolute atomic E-state index is 13.9. The van der Waals surface area contributed by atoms with E-state index in [1.54, 1.807) is 12.3 Å². The minimum Gasteiger partial charge on any atom is -0.336 e. The Morgan fingerprint density at radius 2 is 1.76 bits per heavy atom. The van der Waals surface area contributed by atoms with Gasteiger partial charge in [0.1, 0.15) is 17.0 Å². The van der Waals surface area contributed by atoms with Gasteiger partial charge in [0.25, 0.3) is 0 Å². The van der Waals surface area contributed by atoms with E-state index in [4.69, 9.17) is 4.98 Å². The smallest absolute Gasteiger partial charge is 0.159 e. The number of nitrogens with one attached hydrogen (secondary N) is 2. The second-order valence-electron chi connectivity index (χ2n) is 10.3. The van der Waals surface area contributed by atoms with Crippen LogP contribution in [-0.4, -0.2) is 30.1 Å². The van der Waals surface area contributed by atoms with Crippen LogP contribution in [0.4, 0.5) is 4.39 Å². The van der Waals surface area contributed by atoms with Crippen molar-refractivity contribution in [2.24, 2.45) is 5.92 Å². The Hall–Kier alpha value is -4.39. The lowest BCUT2D eigenvalue weighted by molar-refractivity contribution is 0.356. The summed E-state index contributed by atoms with van der Waals surface area (Å²) in [6, 6.07) is 16.9. The second kappa shape index (κ2) is 9.49. The molecule has 2 N–H and O–H groups in total. The predicted octanol–water partition coefficient (Wildman–Crippen LogP) is 7.49. The number of hydrogen-bond donors (Lipinski definition) is 2. The van der Waals surface area contributed by atoms with Crippen molar-refractivity contribution in [2.75, 3.05) is 0 Å². The minimum atomic E-state index is -0.305. The molecule has 7 rings (SSSR count). The quantitative estimate of drug-likeness (QED) is 0.256. The number of aromatic amines is 2. The van der Waals surface area contributed by atoms with Crippen molar-refractivity contribution in [3.8, 4) is 33.9 Å². The molecule has 0 radical (unpaired) electrons. The highest BCUT2D eigenvalue weighted by atomic mass is 19.1. The Morgan fingerprint density at radius 1 is 0.842 bits per heavy atom. The van der Waals surface area contributed by atoms with Gasteiger partial charge in [-0.15, -0.1) is 0 Å². The molecule has 4 aromatic heterocycles. The Balaban J connectivity index is 1.26. The number of nitrogens with zero attached hydrogens (tertiary/aromatic N) is 4. The largest absolute Gasteiger partial charge is 0.336 e. The van der Waals surface area contributed by atoms with E-state index in [-0.39, 0.29) is 5.82 Å². The zero-order valence-corrected chi connectivity index (χ0v) is 20.9. The molecule has 0 spiro atoms. The average molecular weight is 503 g/mol. The number of imidazole rings is 1. The van der Waals surface area contributed by atoms with Gasteiger partial charge in [0.2, 0.25) is 0 Å². The molecule has 0 amide bonds. The second-order valence-corrected chi connectivity index (χ2v) is 10.3. The summed E-state index contributed by atoms with van der Waals surface area (Å²) in [7, 11) is 0. The molecule has 0 bridgehead atoms. The van der Waals surface area contributed by atoms with Crippen LogP contribution in [0, 0.1) is 11.7 Å². The van der Waals surface area contributed by atoms with E-state index in [0.29, 0.717) is 22.6 Å². The highest BCUT2D eigenvalue weighted by molar-refractivity contribution is 5.97. The maximum Gasteiger partial charge on any atom is 0.159 e. The molecule has 1 aliphatic carbocycles. The fourth-order valence-electron chi connectivity index (χ4n) is 5.75. The molecular formula is C31H27FN6. The fraction of sp³-hybridized carbons (Fsp3) is 0.226. The van der Waals surface area contributed by atoms with Crippen LogP contribution in [0.1, 0.15) is 37.7 Å². The van der Waals surface area contributed by atoms with Gasteiger partial charge in [0.15, 0.2) is 5.82 Å². The van der Waals surface area contributed by atoms with E-state index in [2.05, 4.69) is 49.4 Å². The summed E-state index contributed by atoms with van der Waals surface area (Å²) >= 11 is 0. The summed E-state index contributed by atoms with van der Waals surface area (Å²) in [6.45, 7) is 0. The number of hydrogen-bond acceptors (Lipinski definition) is 4. The number of aromatic nitrogens is 6. The lowest BCUT2D eigenvalue weighted by Crippen LogP contribution is -2.09. The predicted molar refractivity (Wildman–Crippen MR) is 148 cm³/mol. The summed E-state index contributed by atoms with van der Waals surface area (Å²) < 4.78 is 13.9. The average Bonchev–Trinajstić information content (AvgIpc) is 3.57. The summed E-state index contributed by atoms with van der Waals surface area (Å²) in [5.74, 6) is 1.10. The third kappa shape index (κ3) is 4.24. The Labute approximate surface area is 219 Å². The van der Waals surface area contributed by atoms with Crippen LogP contribution in [0.2, 0.25) is 0 Å². The molecule has 4 heterocycles. The highest BCUT2D eigenvalue weighted by Crippen LogP contribution is 2.33. The van der Waals surface area contributed by atoms with E-state index in [0.717, 1.165) is 45.6 Å². The van der Waals surface area contributed by atoms with Gasteiger partial charge in [-0.1, -0.05) is 50.3 Å². The van der Waals surface area contributed by atoms with E-state index in [9.17, 15) is 4.39 Å². The molecule has 1 fully saturated rings. The van der Waals surface area contributed by atoms with Gasteiger partial charge in [-0.25, -0.2) is 9.37 Å². The van der Waals surface area contributed by atoms with Gasteiger partial charge in [0.05, 0.1) is 16.7 Å². The Morgan fingerprint density at radius 3 is 2.66 bits per heavy atom. The summed E-state index contributed by atoms with van der Waals surface area (Å²) in [5, 5.41) is 8.70. The van der Waals surface area contributed by atoms with E-state index >= 15 is 0 Å². The molecule has 188 valence electrons. The summed E-state index contributed by atoms with van der Waals surface area (Å²) in [4.78, 5) is 17.3. The fourth-order valence-corrected chi connectivity index (χ4v) is 5.75. The first-order valence-corrected chi connectivity index (χ1v) is 13.2. The lowest BCUT2D eigenvalue weighted by atomic mass is 9.85. The molecule has 0 saturated heterocycles. The van der Waals surface area contributed by atoms with Crippen LogP contribution < -0.4 is 0 Å². The number of pyridine rings is 2. The van der Waals surface area contributed by atoms with Crippen molar-refractivity contribution in [1.82, 2.24) is 30.1 Å².